The molecule has 0 aliphatic heterocycles. The maximum Gasteiger partial charge on any atom is 0.255 e. The van der Waals surface area contributed by atoms with Crippen molar-refractivity contribution in [2.24, 2.45) is 0 Å². The van der Waals surface area contributed by atoms with Gasteiger partial charge in [-0.2, -0.15) is 5.26 Å². The lowest BCUT2D eigenvalue weighted by molar-refractivity contribution is 0.0745. The van der Waals surface area contributed by atoms with Gasteiger partial charge >= 0.3 is 0 Å². The Morgan fingerprint density at radius 3 is 2.81 bits per heavy atom. The molecule has 1 heterocycles. The summed E-state index contributed by atoms with van der Waals surface area (Å²) in [5.41, 5.74) is 0.478. The fourth-order valence-corrected chi connectivity index (χ4v) is 1.65. The number of carbonyl (C=O) groups excluding carboxylic acids is 1. The van der Waals surface area contributed by atoms with Crippen LogP contribution in [0.15, 0.2) is 18.3 Å². The van der Waals surface area contributed by atoms with E-state index in [4.69, 9.17) is 14.7 Å². The summed E-state index contributed by atoms with van der Waals surface area (Å²) in [4.78, 5) is 17.8. The van der Waals surface area contributed by atoms with Gasteiger partial charge in [0.05, 0.1) is 24.7 Å². The molecule has 0 saturated carbocycles. The molecular formula is C15H21N3O3. The summed E-state index contributed by atoms with van der Waals surface area (Å²) < 4.78 is 10.4. The van der Waals surface area contributed by atoms with Crippen LogP contribution < -0.4 is 4.74 Å². The van der Waals surface area contributed by atoms with Gasteiger partial charge in [0.25, 0.3) is 5.91 Å². The van der Waals surface area contributed by atoms with Gasteiger partial charge in [-0.3, -0.25) is 4.79 Å². The zero-order valence-electron chi connectivity index (χ0n) is 12.7. The normalized spacial score (nSPS) is 11.5. The largest absolute Gasteiger partial charge is 0.478 e. The summed E-state index contributed by atoms with van der Waals surface area (Å²) in [6.07, 6.45) is 2.58. The molecule has 1 atom stereocenters. The quantitative estimate of drug-likeness (QED) is 0.683. The van der Waals surface area contributed by atoms with Crippen LogP contribution in [-0.2, 0) is 4.74 Å². The SMILES string of the molecule is COCCCOc1ccc(C(=O)N(C)[C@@H](C)CC#N)cn1. The lowest BCUT2D eigenvalue weighted by Crippen LogP contribution is -2.34. The van der Waals surface area contributed by atoms with Crippen LogP contribution >= 0.6 is 0 Å². The molecular weight excluding hydrogens is 270 g/mol. The van der Waals surface area contributed by atoms with Crippen molar-refractivity contribution < 1.29 is 14.3 Å². The molecule has 21 heavy (non-hydrogen) atoms. The van der Waals surface area contributed by atoms with Gasteiger partial charge < -0.3 is 14.4 Å². The van der Waals surface area contributed by atoms with E-state index in [1.165, 1.54) is 6.20 Å². The van der Waals surface area contributed by atoms with Crippen LogP contribution in [0.5, 0.6) is 5.88 Å². The van der Waals surface area contributed by atoms with Gasteiger partial charge in [0.15, 0.2) is 0 Å². The standard InChI is InChI=1S/C15H21N3O3/c1-12(7-8-16)18(2)15(19)13-5-6-14(17-11-13)21-10-4-9-20-3/h5-6,11-12H,4,7,9-10H2,1-3H3/t12-/m0/s1. The van der Waals surface area contributed by atoms with Gasteiger partial charge in [-0.05, 0) is 13.0 Å². The van der Waals surface area contributed by atoms with E-state index in [2.05, 4.69) is 11.1 Å². The third kappa shape index (κ3) is 5.40. The summed E-state index contributed by atoms with van der Waals surface area (Å²) in [5, 5.41) is 8.67. The summed E-state index contributed by atoms with van der Waals surface area (Å²) >= 11 is 0. The molecule has 0 unspecified atom stereocenters. The van der Waals surface area contributed by atoms with Crippen LogP contribution in [0.4, 0.5) is 0 Å². The molecule has 6 nitrogen and oxygen atoms in total. The highest BCUT2D eigenvalue weighted by atomic mass is 16.5. The first kappa shape index (κ1) is 16.9. The Labute approximate surface area is 125 Å². The lowest BCUT2D eigenvalue weighted by Gasteiger charge is -2.22. The number of hydrogen-bond donors (Lipinski definition) is 0. The number of nitrogens with zero attached hydrogens (tertiary/aromatic N) is 3. The Hall–Kier alpha value is -2.13. The van der Waals surface area contributed by atoms with E-state index in [9.17, 15) is 4.79 Å². The minimum atomic E-state index is -0.156. The molecule has 114 valence electrons. The number of carbonyl (C=O) groups is 1. The number of amides is 1. The minimum absolute atomic E-state index is 0.132. The number of nitriles is 1. The molecule has 1 aromatic heterocycles. The van der Waals surface area contributed by atoms with E-state index < -0.39 is 0 Å². The molecule has 0 fully saturated rings. The molecule has 0 saturated heterocycles. The molecule has 0 radical (unpaired) electrons. The van der Waals surface area contributed by atoms with Crippen molar-refractivity contribution in [1.29, 1.82) is 5.26 Å². The lowest BCUT2D eigenvalue weighted by atomic mass is 10.2. The number of aromatic nitrogens is 1. The summed E-state index contributed by atoms with van der Waals surface area (Å²) in [7, 11) is 3.32. The predicted octanol–water partition coefficient (Wildman–Crippen LogP) is 1.87. The Balaban J connectivity index is 2.57. The highest BCUT2D eigenvalue weighted by molar-refractivity contribution is 5.94. The molecule has 0 spiro atoms. The van der Waals surface area contributed by atoms with Crippen molar-refractivity contribution in [3.8, 4) is 11.9 Å². The van der Waals surface area contributed by atoms with Crippen molar-refractivity contribution in [2.45, 2.75) is 25.8 Å². The number of hydrogen-bond acceptors (Lipinski definition) is 5. The number of pyridine rings is 1. The average molecular weight is 291 g/mol. The maximum atomic E-state index is 12.2. The van der Waals surface area contributed by atoms with E-state index in [1.807, 2.05) is 6.92 Å². The Morgan fingerprint density at radius 1 is 1.48 bits per heavy atom. The number of methoxy groups -OCH3 is 1. The predicted molar refractivity (Wildman–Crippen MR) is 78.0 cm³/mol. The maximum absolute atomic E-state index is 12.2. The third-order valence-electron chi connectivity index (χ3n) is 3.09. The van der Waals surface area contributed by atoms with Crippen LogP contribution in [0.25, 0.3) is 0 Å². The first-order valence-electron chi connectivity index (χ1n) is 6.82. The second-order valence-corrected chi connectivity index (χ2v) is 4.71. The monoisotopic (exact) mass is 291 g/mol. The molecule has 1 amide bonds. The van der Waals surface area contributed by atoms with E-state index in [-0.39, 0.29) is 11.9 Å². The first-order valence-corrected chi connectivity index (χ1v) is 6.82. The first-order chi connectivity index (χ1) is 10.1. The number of ether oxygens (including phenoxy) is 2. The molecule has 0 aliphatic rings. The van der Waals surface area contributed by atoms with E-state index >= 15 is 0 Å². The minimum Gasteiger partial charge on any atom is -0.478 e. The van der Waals surface area contributed by atoms with Crippen molar-refractivity contribution in [3.05, 3.63) is 23.9 Å². The zero-order chi connectivity index (χ0) is 15.7. The molecule has 0 aromatic carbocycles. The van der Waals surface area contributed by atoms with Crippen LogP contribution in [0.1, 0.15) is 30.1 Å². The molecule has 6 heteroatoms. The van der Waals surface area contributed by atoms with E-state index in [1.54, 1.807) is 31.2 Å². The van der Waals surface area contributed by atoms with Crippen molar-refractivity contribution in [2.75, 3.05) is 27.4 Å². The van der Waals surface area contributed by atoms with E-state index in [0.717, 1.165) is 6.42 Å². The van der Waals surface area contributed by atoms with Crippen LogP contribution in [0.3, 0.4) is 0 Å². The summed E-state index contributed by atoms with van der Waals surface area (Å²) in [6, 6.07) is 5.27. The van der Waals surface area contributed by atoms with E-state index in [0.29, 0.717) is 31.1 Å². The van der Waals surface area contributed by atoms with Crippen molar-refractivity contribution in [1.82, 2.24) is 9.88 Å². The molecule has 0 aliphatic carbocycles. The Bertz CT molecular complexity index is 482. The van der Waals surface area contributed by atoms with Gasteiger partial charge in [0, 0.05) is 45.5 Å². The highest BCUT2D eigenvalue weighted by Crippen LogP contribution is 2.12. The smallest absolute Gasteiger partial charge is 0.255 e. The topological polar surface area (TPSA) is 75.5 Å². The van der Waals surface area contributed by atoms with Gasteiger partial charge in [-0.25, -0.2) is 4.98 Å². The fraction of sp³-hybridized carbons (Fsp3) is 0.533. The number of rotatable bonds is 8. The summed E-state index contributed by atoms with van der Waals surface area (Å²) in [5.74, 6) is 0.326. The fourth-order valence-electron chi connectivity index (χ4n) is 1.65. The molecule has 0 N–H and O–H groups in total. The molecule has 1 aromatic rings. The van der Waals surface area contributed by atoms with Gasteiger partial charge in [0.1, 0.15) is 0 Å². The zero-order valence-corrected chi connectivity index (χ0v) is 12.7. The highest BCUT2D eigenvalue weighted by Gasteiger charge is 2.17. The van der Waals surface area contributed by atoms with Crippen LogP contribution in [0.2, 0.25) is 0 Å². The van der Waals surface area contributed by atoms with Crippen LogP contribution in [0, 0.1) is 11.3 Å². The third-order valence-corrected chi connectivity index (χ3v) is 3.09. The molecule has 1 rings (SSSR count). The summed E-state index contributed by atoms with van der Waals surface area (Å²) in [6.45, 7) is 2.99. The van der Waals surface area contributed by atoms with Gasteiger partial charge in [-0.1, -0.05) is 0 Å². The van der Waals surface area contributed by atoms with Gasteiger partial charge in [0.2, 0.25) is 5.88 Å². The molecule has 0 bridgehead atoms. The average Bonchev–Trinajstić information content (AvgIpc) is 2.51. The van der Waals surface area contributed by atoms with Crippen molar-refractivity contribution in [3.63, 3.8) is 0 Å². The Kier molecular flexibility index (Phi) is 7.19. The Morgan fingerprint density at radius 2 is 2.24 bits per heavy atom. The van der Waals surface area contributed by atoms with Gasteiger partial charge in [-0.15, -0.1) is 0 Å². The van der Waals surface area contributed by atoms with Crippen LogP contribution in [-0.4, -0.2) is 49.2 Å². The second-order valence-electron chi connectivity index (χ2n) is 4.71. The second kappa shape index (κ2) is 8.93. The van der Waals surface area contributed by atoms with Crippen molar-refractivity contribution >= 4 is 5.91 Å².